The van der Waals surface area contributed by atoms with Gasteiger partial charge >= 0.3 is 6.04 Å². The fourth-order valence-corrected chi connectivity index (χ4v) is 1.13. The molecule has 1 heterocycles. The first-order chi connectivity index (χ1) is 5.98. The second-order valence-electron chi connectivity index (χ2n) is 2.79. The minimum atomic E-state index is -2.36. The smallest absolute Gasteiger partial charge is 0.404 e. The number of fused-ring (bicyclic) bond motifs is 1. The first-order valence-corrected chi connectivity index (χ1v) is 3.57. The summed E-state index contributed by atoms with van der Waals surface area (Å²) in [5.74, 6) is -1.64. The molecule has 2 rings (SSSR count). The van der Waals surface area contributed by atoms with Crippen LogP contribution in [0, 0.1) is 5.82 Å². The van der Waals surface area contributed by atoms with Crippen molar-refractivity contribution in [2.45, 2.75) is 13.0 Å². The minimum Gasteiger partial charge on any atom is -0.508 e. The van der Waals surface area contributed by atoms with Gasteiger partial charge in [0, 0.05) is 19.1 Å². The molecule has 0 spiro atoms. The molecule has 70 valence electrons. The number of aromatic hydroxyl groups is 1. The second kappa shape index (κ2) is 2.25. The van der Waals surface area contributed by atoms with Gasteiger partial charge in [0.05, 0.1) is 0 Å². The third-order valence-electron chi connectivity index (χ3n) is 1.57. The topological polar surface area (TPSA) is 38.7 Å². The van der Waals surface area contributed by atoms with Crippen molar-refractivity contribution in [1.29, 1.82) is 0 Å². The van der Waals surface area contributed by atoms with Gasteiger partial charge in [-0.05, 0) is 0 Å². The molecule has 1 aromatic carbocycles. The molecule has 0 fully saturated rings. The summed E-state index contributed by atoms with van der Waals surface area (Å²) in [7, 11) is 0. The van der Waals surface area contributed by atoms with Crippen molar-refractivity contribution >= 4 is 0 Å². The summed E-state index contributed by atoms with van der Waals surface area (Å²) in [5, 5.41) is 8.95. The van der Waals surface area contributed by atoms with Gasteiger partial charge in [0.25, 0.3) is 0 Å². The quantitative estimate of drug-likeness (QED) is 0.676. The van der Waals surface area contributed by atoms with E-state index in [-0.39, 0.29) is 17.2 Å². The van der Waals surface area contributed by atoms with E-state index in [0.29, 0.717) is 0 Å². The Morgan fingerprint density at radius 1 is 1.38 bits per heavy atom. The largest absolute Gasteiger partial charge is 0.508 e. The lowest BCUT2D eigenvalue weighted by molar-refractivity contribution is -0.174. The zero-order chi connectivity index (χ0) is 9.64. The number of hydrogen-bond donors (Lipinski definition) is 1. The van der Waals surface area contributed by atoms with Crippen LogP contribution in [0.2, 0.25) is 0 Å². The first-order valence-electron chi connectivity index (χ1n) is 3.57. The van der Waals surface area contributed by atoms with Crippen LogP contribution in [0.1, 0.15) is 6.92 Å². The number of alkyl halides is 1. The zero-order valence-electron chi connectivity index (χ0n) is 6.67. The Hall–Kier alpha value is -1.52. The lowest BCUT2D eigenvalue weighted by atomic mass is 10.3. The van der Waals surface area contributed by atoms with Gasteiger partial charge in [-0.15, -0.1) is 0 Å². The number of rotatable bonds is 0. The molecule has 1 unspecified atom stereocenters. The predicted molar refractivity (Wildman–Crippen MR) is 38.8 cm³/mol. The highest BCUT2D eigenvalue weighted by Gasteiger charge is 2.39. The molecule has 1 N–H and O–H groups in total. The van der Waals surface area contributed by atoms with Crippen molar-refractivity contribution in [3.05, 3.63) is 17.9 Å². The molecule has 1 aromatic rings. The summed E-state index contributed by atoms with van der Waals surface area (Å²) in [6, 6.07) is -0.455. The van der Waals surface area contributed by atoms with Crippen molar-refractivity contribution in [2.24, 2.45) is 0 Å². The molecule has 13 heavy (non-hydrogen) atoms. The van der Waals surface area contributed by atoms with Crippen LogP contribution in [0.3, 0.4) is 0 Å². The van der Waals surface area contributed by atoms with E-state index in [1.54, 1.807) is 0 Å². The monoisotopic (exact) mass is 188 g/mol. The van der Waals surface area contributed by atoms with Crippen molar-refractivity contribution in [3.8, 4) is 17.2 Å². The van der Waals surface area contributed by atoms with Crippen LogP contribution in [0.15, 0.2) is 12.1 Å². The Morgan fingerprint density at radius 3 is 2.77 bits per heavy atom. The molecule has 5 heteroatoms. The SMILES string of the molecule is CC1(F)Oc2cc(O)cc(F)c2O1. The fourth-order valence-electron chi connectivity index (χ4n) is 1.13. The summed E-state index contributed by atoms with van der Waals surface area (Å²) in [6.07, 6.45) is 0. The van der Waals surface area contributed by atoms with E-state index >= 15 is 0 Å². The van der Waals surface area contributed by atoms with Crippen LogP contribution < -0.4 is 9.47 Å². The molecule has 0 aliphatic carbocycles. The third-order valence-corrected chi connectivity index (χ3v) is 1.57. The van der Waals surface area contributed by atoms with E-state index in [1.807, 2.05) is 0 Å². The van der Waals surface area contributed by atoms with Gasteiger partial charge < -0.3 is 14.6 Å². The maximum absolute atomic E-state index is 13.0. The molecule has 1 aliphatic heterocycles. The van der Waals surface area contributed by atoms with E-state index in [0.717, 1.165) is 19.1 Å². The highest BCUT2D eigenvalue weighted by Crippen LogP contribution is 2.43. The number of halogens is 2. The van der Waals surface area contributed by atoms with Crippen molar-refractivity contribution < 1.29 is 23.4 Å². The van der Waals surface area contributed by atoms with Crippen LogP contribution in [0.5, 0.6) is 17.2 Å². The Kier molecular flexibility index (Phi) is 1.40. The van der Waals surface area contributed by atoms with Gasteiger partial charge in [-0.3, -0.25) is 0 Å². The Morgan fingerprint density at radius 2 is 2.08 bits per heavy atom. The fraction of sp³-hybridized carbons (Fsp3) is 0.250. The number of hydrogen-bond acceptors (Lipinski definition) is 3. The number of phenolic OH excluding ortho intramolecular Hbond substituents is 1. The maximum Gasteiger partial charge on any atom is 0.404 e. The molecule has 1 atom stereocenters. The van der Waals surface area contributed by atoms with Crippen molar-refractivity contribution in [2.75, 3.05) is 0 Å². The van der Waals surface area contributed by atoms with Gasteiger partial charge in [-0.2, -0.15) is 4.39 Å². The number of phenols is 1. The zero-order valence-corrected chi connectivity index (χ0v) is 6.67. The Balaban J connectivity index is 2.52. The molecule has 0 aromatic heterocycles. The van der Waals surface area contributed by atoms with Gasteiger partial charge in [0.15, 0.2) is 11.6 Å². The van der Waals surface area contributed by atoms with Crippen LogP contribution in [-0.4, -0.2) is 11.1 Å². The predicted octanol–water partition coefficient (Wildman–Crippen LogP) is 1.95. The Bertz CT molecular complexity index is 363. The third kappa shape index (κ3) is 1.26. The van der Waals surface area contributed by atoms with E-state index in [9.17, 15) is 8.78 Å². The molecule has 0 radical (unpaired) electrons. The van der Waals surface area contributed by atoms with Crippen LogP contribution in [0.25, 0.3) is 0 Å². The summed E-state index contributed by atoms with van der Waals surface area (Å²) < 4.78 is 35.1. The summed E-state index contributed by atoms with van der Waals surface area (Å²) in [6.45, 7) is 1.00. The molecule has 0 bridgehead atoms. The highest BCUT2D eigenvalue weighted by atomic mass is 19.2. The van der Waals surface area contributed by atoms with Gasteiger partial charge in [-0.1, -0.05) is 0 Å². The molecule has 0 saturated heterocycles. The van der Waals surface area contributed by atoms with Gasteiger partial charge in [0.1, 0.15) is 5.75 Å². The number of ether oxygens (including phenoxy) is 2. The summed E-state index contributed by atoms with van der Waals surface area (Å²) in [4.78, 5) is 0. The molecule has 1 aliphatic rings. The molecule has 3 nitrogen and oxygen atoms in total. The van der Waals surface area contributed by atoms with Crippen molar-refractivity contribution in [3.63, 3.8) is 0 Å². The Labute approximate surface area is 72.5 Å². The normalized spacial score (nSPS) is 24.8. The van der Waals surface area contributed by atoms with E-state index in [2.05, 4.69) is 9.47 Å². The summed E-state index contributed by atoms with van der Waals surface area (Å²) >= 11 is 0. The average molecular weight is 188 g/mol. The van der Waals surface area contributed by atoms with E-state index in [1.165, 1.54) is 0 Å². The average Bonchev–Trinajstić information content (AvgIpc) is 2.23. The second-order valence-corrected chi connectivity index (χ2v) is 2.79. The van der Waals surface area contributed by atoms with Crippen LogP contribution in [0.4, 0.5) is 8.78 Å². The van der Waals surface area contributed by atoms with Crippen molar-refractivity contribution in [1.82, 2.24) is 0 Å². The maximum atomic E-state index is 13.0. The van der Waals surface area contributed by atoms with Crippen LogP contribution >= 0.6 is 0 Å². The minimum absolute atomic E-state index is 0.137. The first kappa shape index (κ1) is 8.10. The number of benzene rings is 1. The van der Waals surface area contributed by atoms with Gasteiger partial charge in [-0.25, -0.2) is 4.39 Å². The highest BCUT2D eigenvalue weighted by molar-refractivity contribution is 5.48. The molecular formula is C8H6F2O3. The summed E-state index contributed by atoms with van der Waals surface area (Å²) in [5.41, 5.74) is 0. The molecule has 0 amide bonds. The lowest BCUT2D eigenvalue weighted by Gasteiger charge is -2.10. The molecular weight excluding hydrogens is 182 g/mol. The van der Waals surface area contributed by atoms with Gasteiger partial charge in [0.2, 0.25) is 5.75 Å². The lowest BCUT2D eigenvalue weighted by Crippen LogP contribution is -2.28. The van der Waals surface area contributed by atoms with E-state index in [4.69, 9.17) is 5.11 Å². The standard InChI is InChI=1S/C8H6F2O3/c1-8(10)12-6-3-4(11)2-5(9)7(6)13-8/h2-3,11H,1H3. The molecule has 0 saturated carbocycles. The van der Waals surface area contributed by atoms with E-state index < -0.39 is 11.9 Å². The van der Waals surface area contributed by atoms with Crippen LogP contribution in [-0.2, 0) is 0 Å².